The molecule has 1 aromatic carbocycles. The third-order valence-electron chi connectivity index (χ3n) is 4.96. The SMILES string of the molecule is Cc1cccc(-c2ocnc2C(=O)N2CCC[C@@H]2CCc2noc(C)n2)c1. The molecule has 7 heteroatoms. The van der Waals surface area contributed by atoms with Crippen LogP contribution in [0.2, 0.25) is 0 Å². The molecule has 140 valence electrons. The predicted octanol–water partition coefficient (Wildman–Crippen LogP) is 3.58. The zero-order valence-corrected chi connectivity index (χ0v) is 15.5. The summed E-state index contributed by atoms with van der Waals surface area (Å²) in [5, 5.41) is 3.94. The van der Waals surface area contributed by atoms with Gasteiger partial charge >= 0.3 is 0 Å². The zero-order valence-electron chi connectivity index (χ0n) is 15.5. The summed E-state index contributed by atoms with van der Waals surface area (Å²) in [6.07, 6.45) is 4.80. The number of carbonyl (C=O) groups excluding carboxylic acids is 1. The van der Waals surface area contributed by atoms with Crippen molar-refractivity contribution in [2.75, 3.05) is 6.54 Å². The summed E-state index contributed by atoms with van der Waals surface area (Å²) in [6, 6.07) is 8.05. The van der Waals surface area contributed by atoms with E-state index in [1.807, 2.05) is 36.1 Å². The second-order valence-corrected chi connectivity index (χ2v) is 6.96. The summed E-state index contributed by atoms with van der Waals surface area (Å²) in [5.74, 6) is 1.71. The minimum atomic E-state index is -0.0768. The molecule has 27 heavy (non-hydrogen) atoms. The van der Waals surface area contributed by atoms with Crippen molar-refractivity contribution in [1.82, 2.24) is 20.0 Å². The molecule has 0 radical (unpaired) electrons. The Morgan fingerprint density at radius 1 is 1.33 bits per heavy atom. The Morgan fingerprint density at radius 2 is 2.22 bits per heavy atom. The largest absolute Gasteiger partial charge is 0.443 e. The normalized spacial score (nSPS) is 16.8. The second-order valence-electron chi connectivity index (χ2n) is 6.96. The minimum absolute atomic E-state index is 0.0768. The monoisotopic (exact) mass is 366 g/mol. The van der Waals surface area contributed by atoms with Crippen LogP contribution in [-0.4, -0.2) is 38.5 Å². The lowest BCUT2D eigenvalue weighted by molar-refractivity contribution is 0.0725. The second kappa shape index (κ2) is 7.34. The standard InChI is InChI=1S/C20H22N4O3/c1-13-5-3-6-15(11-13)19-18(21-12-26-19)20(25)24-10-4-7-16(24)8-9-17-22-14(2)27-23-17/h3,5-6,11-12,16H,4,7-10H2,1-2H3/t16-/m1/s1. The van der Waals surface area contributed by atoms with Crippen LogP contribution in [0.25, 0.3) is 11.3 Å². The van der Waals surface area contributed by atoms with Gasteiger partial charge in [0.15, 0.2) is 23.7 Å². The number of rotatable bonds is 5. The first kappa shape index (κ1) is 17.5. The van der Waals surface area contributed by atoms with E-state index >= 15 is 0 Å². The van der Waals surface area contributed by atoms with Crippen LogP contribution in [0.5, 0.6) is 0 Å². The average molecular weight is 366 g/mol. The van der Waals surface area contributed by atoms with Gasteiger partial charge < -0.3 is 13.8 Å². The van der Waals surface area contributed by atoms with E-state index in [9.17, 15) is 4.79 Å². The van der Waals surface area contributed by atoms with Crippen molar-refractivity contribution < 1.29 is 13.7 Å². The van der Waals surface area contributed by atoms with E-state index in [0.717, 1.165) is 36.9 Å². The quantitative estimate of drug-likeness (QED) is 0.686. The summed E-state index contributed by atoms with van der Waals surface area (Å²) in [6.45, 7) is 4.52. The van der Waals surface area contributed by atoms with Gasteiger partial charge in [-0.25, -0.2) is 4.98 Å². The number of hydrogen-bond donors (Lipinski definition) is 0. The molecule has 0 saturated carbocycles. The van der Waals surface area contributed by atoms with Crippen molar-refractivity contribution >= 4 is 5.91 Å². The maximum atomic E-state index is 13.2. The molecule has 3 aromatic rings. The molecule has 0 bridgehead atoms. The van der Waals surface area contributed by atoms with Gasteiger partial charge in [-0.1, -0.05) is 28.9 Å². The molecule has 2 aromatic heterocycles. The predicted molar refractivity (Wildman–Crippen MR) is 98.1 cm³/mol. The third kappa shape index (κ3) is 3.63. The maximum absolute atomic E-state index is 13.2. The topological polar surface area (TPSA) is 85.3 Å². The first-order valence-electron chi connectivity index (χ1n) is 9.22. The minimum Gasteiger partial charge on any atom is -0.443 e. The molecule has 7 nitrogen and oxygen atoms in total. The van der Waals surface area contributed by atoms with E-state index in [-0.39, 0.29) is 11.9 Å². The summed E-state index contributed by atoms with van der Waals surface area (Å²) < 4.78 is 10.6. The highest BCUT2D eigenvalue weighted by atomic mass is 16.5. The maximum Gasteiger partial charge on any atom is 0.276 e. The smallest absolute Gasteiger partial charge is 0.276 e. The van der Waals surface area contributed by atoms with Crippen molar-refractivity contribution in [2.45, 2.75) is 45.6 Å². The van der Waals surface area contributed by atoms with Crippen LogP contribution in [-0.2, 0) is 6.42 Å². The Morgan fingerprint density at radius 3 is 3.00 bits per heavy atom. The highest BCUT2D eigenvalue weighted by Crippen LogP contribution is 2.28. The Balaban J connectivity index is 1.51. The van der Waals surface area contributed by atoms with E-state index in [1.54, 1.807) is 6.92 Å². The molecule has 1 atom stereocenters. The fraction of sp³-hybridized carbons (Fsp3) is 0.400. The number of nitrogens with zero attached hydrogens (tertiary/aromatic N) is 4. The lowest BCUT2D eigenvalue weighted by atomic mass is 10.1. The summed E-state index contributed by atoms with van der Waals surface area (Å²) in [5.41, 5.74) is 2.36. The Hall–Kier alpha value is -2.96. The number of carbonyl (C=O) groups is 1. The van der Waals surface area contributed by atoms with Crippen LogP contribution in [0, 0.1) is 13.8 Å². The number of aromatic nitrogens is 3. The van der Waals surface area contributed by atoms with Gasteiger partial charge in [0.1, 0.15) is 0 Å². The van der Waals surface area contributed by atoms with Crippen LogP contribution in [0.4, 0.5) is 0 Å². The zero-order chi connectivity index (χ0) is 18.8. The molecule has 3 heterocycles. The van der Waals surface area contributed by atoms with Gasteiger partial charge in [-0.05, 0) is 32.3 Å². The number of oxazole rings is 1. The number of amides is 1. The Bertz CT molecular complexity index is 946. The highest BCUT2D eigenvalue weighted by molar-refractivity contribution is 5.98. The van der Waals surface area contributed by atoms with Crippen LogP contribution < -0.4 is 0 Å². The molecular formula is C20H22N4O3. The van der Waals surface area contributed by atoms with Gasteiger partial charge in [0.05, 0.1) is 0 Å². The van der Waals surface area contributed by atoms with Crippen LogP contribution in [0.1, 0.15) is 47.0 Å². The van der Waals surface area contributed by atoms with Gasteiger partial charge in [-0.2, -0.15) is 4.98 Å². The van der Waals surface area contributed by atoms with E-state index in [4.69, 9.17) is 8.94 Å². The molecule has 1 saturated heterocycles. The molecule has 1 fully saturated rings. The molecule has 0 unspecified atom stereocenters. The highest BCUT2D eigenvalue weighted by Gasteiger charge is 2.32. The van der Waals surface area contributed by atoms with Gasteiger partial charge in [0.25, 0.3) is 5.91 Å². The molecular weight excluding hydrogens is 344 g/mol. The molecule has 0 spiro atoms. The number of likely N-dealkylation sites (tertiary alicyclic amines) is 1. The van der Waals surface area contributed by atoms with E-state index < -0.39 is 0 Å². The first-order valence-corrected chi connectivity index (χ1v) is 9.22. The average Bonchev–Trinajstić information content (AvgIpc) is 3.40. The number of aryl methyl sites for hydroxylation is 3. The van der Waals surface area contributed by atoms with E-state index in [1.165, 1.54) is 6.39 Å². The first-order chi connectivity index (χ1) is 13.1. The lowest BCUT2D eigenvalue weighted by Gasteiger charge is -2.23. The van der Waals surface area contributed by atoms with Gasteiger partial charge in [-0.3, -0.25) is 4.79 Å². The van der Waals surface area contributed by atoms with Crippen LogP contribution >= 0.6 is 0 Å². The van der Waals surface area contributed by atoms with Crippen LogP contribution in [0.15, 0.2) is 39.6 Å². The van der Waals surface area contributed by atoms with Gasteiger partial charge in [0, 0.05) is 31.5 Å². The lowest BCUT2D eigenvalue weighted by Crippen LogP contribution is -2.36. The van der Waals surface area contributed by atoms with Crippen LogP contribution in [0.3, 0.4) is 0 Å². The molecule has 0 aliphatic carbocycles. The van der Waals surface area contributed by atoms with Gasteiger partial charge in [-0.15, -0.1) is 0 Å². The van der Waals surface area contributed by atoms with Gasteiger partial charge in [0.2, 0.25) is 5.89 Å². The fourth-order valence-electron chi connectivity index (χ4n) is 3.67. The Kier molecular flexibility index (Phi) is 4.75. The van der Waals surface area contributed by atoms with Crippen molar-refractivity contribution in [1.29, 1.82) is 0 Å². The molecule has 1 aliphatic heterocycles. The summed E-state index contributed by atoms with van der Waals surface area (Å²) >= 11 is 0. The number of benzene rings is 1. The molecule has 1 amide bonds. The number of hydrogen-bond acceptors (Lipinski definition) is 6. The van der Waals surface area contributed by atoms with Crippen molar-refractivity contribution in [3.05, 3.63) is 53.6 Å². The van der Waals surface area contributed by atoms with E-state index in [0.29, 0.717) is 29.6 Å². The molecule has 4 rings (SSSR count). The molecule has 0 N–H and O–H groups in total. The summed E-state index contributed by atoms with van der Waals surface area (Å²) in [4.78, 5) is 23.5. The fourth-order valence-corrected chi connectivity index (χ4v) is 3.67. The van der Waals surface area contributed by atoms with Crippen molar-refractivity contribution in [3.63, 3.8) is 0 Å². The van der Waals surface area contributed by atoms with Crippen molar-refractivity contribution in [3.8, 4) is 11.3 Å². The Labute approximate surface area is 157 Å². The third-order valence-corrected chi connectivity index (χ3v) is 4.96. The van der Waals surface area contributed by atoms with E-state index in [2.05, 4.69) is 15.1 Å². The van der Waals surface area contributed by atoms with Crippen molar-refractivity contribution in [2.24, 2.45) is 0 Å². The summed E-state index contributed by atoms with van der Waals surface area (Å²) in [7, 11) is 0. The molecule has 1 aliphatic rings.